The summed E-state index contributed by atoms with van der Waals surface area (Å²) in [6.07, 6.45) is 0. The summed E-state index contributed by atoms with van der Waals surface area (Å²) in [4.78, 5) is 12.1. The first-order chi connectivity index (χ1) is 8.43. The molecule has 1 rings (SSSR count). The molecule has 0 saturated heterocycles. The zero-order chi connectivity index (χ0) is 13.7. The summed E-state index contributed by atoms with van der Waals surface area (Å²) in [6.45, 7) is 7.93. The molecule has 3 unspecified atom stereocenters. The molecule has 0 saturated carbocycles. The van der Waals surface area contributed by atoms with Crippen LogP contribution >= 0.6 is 0 Å². The van der Waals surface area contributed by atoms with Crippen LogP contribution in [0.2, 0.25) is 0 Å². The van der Waals surface area contributed by atoms with Gasteiger partial charge in [0, 0.05) is 12.0 Å². The van der Waals surface area contributed by atoms with Crippen molar-refractivity contribution in [2.45, 2.75) is 39.8 Å². The molecule has 3 atom stereocenters. The van der Waals surface area contributed by atoms with Gasteiger partial charge in [0.1, 0.15) is 0 Å². The van der Waals surface area contributed by atoms with Gasteiger partial charge >= 0.3 is 0 Å². The van der Waals surface area contributed by atoms with Gasteiger partial charge in [-0.2, -0.15) is 0 Å². The molecule has 0 radical (unpaired) electrons. The van der Waals surface area contributed by atoms with Crippen LogP contribution in [0.1, 0.15) is 39.3 Å². The van der Waals surface area contributed by atoms with Crippen LogP contribution in [0.5, 0.6) is 0 Å². The monoisotopic (exact) mass is 248 g/mol. The van der Waals surface area contributed by atoms with E-state index in [1.165, 1.54) is 0 Å². The number of carbonyl (C=O) groups excluding carboxylic acids is 1. The van der Waals surface area contributed by atoms with E-state index >= 15 is 0 Å². The van der Waals surface area contributed by atoms with Crippen molar-refractivity contribution in [3.05, 3.63) is 35.9 Å². The molecule has 0 bridgehead atoms. The molecule has 18 heavy (non-hydrogen) atoms. The molecular weight excluding hydrogens is 224 g/mol. The maximum atomic E-state index is 12.1. The fourth-order valence-corrected chi connectivity index (χ4v) is 1.82. The molecule has 1 aromatic rings. The van der Waals surface area contributed by atoms with Crippen LogP contribution in [-0.2, 0) is 4.79 Å². The molecule has 0 spiro atoms. The maximum absolute atomic E-state index is 12.1. The highest BCUT2D eigenvalue weighted by atomic mass is 16.2. The van der Waals surface area contributed by atoms with E-state index in [4.69, 9.17) is 5.73 Å². The van der Waals surface area contributed by atoms with Gasteiger partial charge in [0.15, 0.2) is 0 Å². The molecule has 1 aromatic carbocycles. The first-order valence-electron chi connectivity index (χ1n) is 6.54. The predicted octanol–water partition coefficient (Wildman–Crippen LogP) is 2.48. The second-order valence-corrected chi connectivity index (χ2v) is 5.29. The molecular formula is C15H24N2O. The van der Waals surface area contributed by atoms with Gasteiger partial charge in [-0.3, -0.25) is 4.79 Å². The summed E-state index contributed by atoms with van der Waals surface area (Å²) in [6, 6.07) is 9.96. The van der Waals surface area contributed by atoms with Crippen LogP contribution in [0.4, 0.5) is 0 Å². The first-order valence-corrected chi connectivity index (χ1v) is 6.54. The number of carbonyl (C=O) groups is 1. The largest absolute Gasteiger partial charge is 0.349 e. The van der Waals surface area contributed by atoms with E-state index < -0.39 is 0 Å². The fourth-order valence-electron chi connectivity index (χ4n) is 1.82. The van der Waals surface area contributed by atoms with E-state index in [0.717, 1.165) is 5.56 Å². The van der Waals surface area contributed by atoms with E-state index in [2.05, 4.69) is 19.2 Å². The lowest BCUT2D eigenvalue weighted by Gasteiger charge is -2.25. The molecule has 0 aliphatic heterocycles. The van der Waals surface area contributed by atoms with Gasteiger partial charge in [0.25, 0.3) is 0 Å². The lowest BCUT2D eigenvalue weighted by molar-refractivity contribution is -0.126. The SMILES string of the molecule is CC(C)C(NC(=O)C(C)C(C)N)c1ccccc1. The average Bonchev–Trinajstić information content (AvgIpc) is 2.35. The minimum Gasteiger partial charge on any atom is -0.349 e. The van der Waals surface area contributed by atoms with Crippen molar-refractivity contribution in [3.8, 4) is 0 Å². The molecule has 1 amide bonds. The van der Waals surface area contributed by atoms with Gasteiger partial charge in [0.2, 0.25) is 5.91 Å². The Balaban J connectivity index is 2.80. The number of hydrogen-bond acceptors (Lipinski definition) is 2. The normalized spacial score (nSPS) is 16.1. The Kier molecular flexibility index (Phi) is 5.35. The van der Waals surface area contributed by atoms with Crippen molar-refractivity contribution in [3.63, 3.8) is 0 Å². The van der Waals surface area contributed by atoms with E-state index in [-0.39, 0.29) is 23.9 Å². The van der Waals surface area contributed by atoms with Crippen LogP contribution in [0.25, 0.3) is 0 Å². The standard InChI is InChI=1S/C15H24N2O/c1-10(2)14(13-8-6-5-7-9-13)17-15(18)11(3)12(4)16/h5-12,14H,16H2,1-4H3,(H,17,18). The average molecular weight is 248 g/mol. The lowest BCUT2D eigenvalue weighted by atomic mass is 9.94. The van der Waals surface area contributed by atoms with Crippen molar-refractivity contribution in [1.82, 2.24) is 5.32 Å². The Morgan fingerprint density at radius 2 is 1.67 bits per heavy atom. The Hall–Kier alpha value is -1.35. The van der Waals surface area contributed by atoms with Crippen molar-refractivity contribution < 1.29 is 4.79 Å². The summed E-state index contributed by atoms with van der Waals surface area (Å²) in [5.74, 6) is 0.194. The topological polar surface area (TPSA) is 55.1 Å². The number of benzene rings is 1. The third-order valence-corrected chi connectivity index (χ3v) is 3.33. The number of amides is 1. The molecule has 3 N–H and O–H groups in total. The van der Waals surface area contributed by atoms with Crippen LogP contribution < -0.4 is 11.1 Å². The molecule has 0 heterocycles. The second kappa shape index (κ2) is 6.55. The third kappa shape index (κ3) is 3.84. The summed E-state index contributed by atoms with van der Waals surface area (Å²) in [7, 11) is 0. The smallest absolute Gasteiger partial charge is 0.224 e. The van der Waals surface area contributed by atoms with Crippen molar-refractivity contribution in [2.24, 2.45) is 17.6 Å². The van der Waals surface area contributed by atoms with E-state index in [9.17, 15) is 4.79 Å². The van der Waals surface area contributed by atoms with Gasteiger partial charge in [-0.05, 0) is 18.4 Å². The maximum Gasteiger partial charge on any atom is 0.224 e. The highest BCUT2D eigenvalue weighted by Gasteiger charge is 2.23. The summed E-state index contributed by atoms with van der Waals surface area (Å²) in [5.41, 5.74) is 6.90. The van der Waals surface area contributed by atoms with Crippen LogP contribution in [-0.4, -0.2) is 11.9 Å². The highest BCUT2D eigenvalue weighted by Crippen LogP contribution is 2.21. The van der Waals surface area contributed by atoms with Gasteiger partial charge in [-0.15, -0.1) is 0 Å². The number of rotatable bonds is 5. The van der Waals surface area contributed by atoms with Crippen LogP contribution in [0.15, 0.2) is 30.3 Å². The summed E-state index contributed by atoms with van der Waals surface area (Å²) >= 11 is 0. The minimum absolute atomic E-state index is 0.0209. The summed E-state index contributed by atoms with van der Waals surface area (Å²) in [5, 5.41) is 3.09. The summed E-state index contributed by atoms with van der Waals surface area (Å²) < 4.78 is 0. The predicted molar refractivity (Wildman–Crippen MR) is 75.0 cm³/mol. The Morgan fingerprint density at radius 1 is 1.11 bits per heavy atom. The molecule has 3 nitrogen and oxygen atoms in total. The molecule has 0 aromatic heterocycles. The van der Waals surface area contributed by atoms with Crippen molar-refractivity contribution in [1.29, 1.82) is 0 Å². The first kappa shape index (κ1) is 14.7. The van der Waals surface area contributed by atoms with Crippen LogP contribution in [0.3, 0.4) is 0 Å². The van der Waals surface area contributed by atoms with E-state index in [1.807, 2.05) is 44.2 Å². The molecule has 100 valence electrons. The van der Waals surface area contributed by atoms with Gasteiger partial charge in [-0.25, -0.2) is 0 Å². The van der Waals surface area contributed by atoms with Gasteiger partial charge in [-0.1, -0.05) is 51.1 Å². The molecule has 0 fully saturated rings. The van der Waals surface area contributed by atoms with Crippen LogP contribution in [0, 0.1) is 11.8 Å². The number of hydrogen-bond donors (Lipinski definition) is 2. The van der Waals surface area contributed by atoms with E-state index in [0.29, 0.717) is 5.92 Å². The highest BCUT2D eigenvalue weighted by molar-refractivity contribution is 5.79. The Morgan fingerprint density at radius 3 is 2.11 bits per heavy atom. The number of nitrogens with two attached hydrogens (primary N) is 1. The quantitative estimate of drug-likeness (QED) is 0.841. The molecule has 0 aliphatic rings. The van der Waals surface area contributed by atoms with Gasteiger partial charge in [0.05, 0.1) is 6.04 Å². The minimum atomic E-state index is -0.171. The molecule has 3 heteroatoms. The Labute approximate surface area is 110 Å². The second-order valence-electron chi connectivity index (χ2n) is 5.29. The third-order valence-electron chi connectivity index (χ3n) is 3.33. The lowest BCUT2D eigenvalue weighted by Crippen LogP contribution is -2.41. The zero-order valence-electron chi connectivity index (χ0n) is 11.7. The Bertz CT molecular complexity index is 373. The fraction of sp³-hybridized carbons (Fsp3) is 0.533. The van der Waals surface area contributed by atoms with Crippen molar-refractivity contribution >= 4 is 5.91 Å². The van der Waals surface area contributed by atoms with Crippen molar-refractivity contribution in [2.75, 3.05) is 0 Å². The number of nitrogens with one attached hydrogen (secondary N) is 1. The zero-order valence-corrected chi connectivity index (χ0v) is 11.7. The van der Waals surface area contributed by atoms with Gasteiger partial charge < -0.3 is 11.1 Å². The van der Waals surface area contributed by atoms with E-state index in [1.54, 1.807) is 0 Å². The molecule has 0 aliphatic carbocycles.